The SMILES string of the molecule is CCOC(=O)C(Cc1ccc(OC)cc1C)(NC(C)=O)C(=O)OCC. The molecular formula is C18H25NO6. The minimum atomic E-state index is -1.93. The first kappa shape index (κ1) is 20.5. The quantitative estimate of drug-likeness (QED) is 0.564. The number of rotatable bonds is 8. The largest absolute Gasteiger partial charge is 0.497 e. The maximum Gasteiger partial charge on any atom is 0.344 e. The van der Waals surface area contributed by atoms with Gasteiger partial charge in [-0.1, -0.05) is 6.07 Å². The third-order valence-corrected chi connectivity index (χ3v) is 3.64. The third-order valence-electron chi connectivity index (χ3n) is 3.64. The zero-order valence-electron chi connectivity index (χ0n) is 15.3. The summed E-state index contributed by atoms with van der Waals surface area (Å²) in [6.07, 6.45) is -0.0833. The van der Waals surface area contributed by atoms with Gasteiger partial charge in [0.05, 0.1) is 20.3 Å². The van der Waals surface area contributed by atoms with E-state index in [0.717, 1.165) is 5.56 Å². The van der Waals surface area contributed by atoms with E-state index >= 15 is 0 Å². The lowest BCUT2D eigenvalue weighted by Crippen LogP contribution is -2.62. The summed E-state index contributed by atoms with van der Waals surface area (Å²) in [7, 11) is 1.55. The van der Waals surface area contributed by atoms with Crippen molar-refractivity contribution in [1.82, 2.24) is 5.32 Å². The van der Waals surface area contributed by atoms with Gasteiger partial charge in [0.25, 0.3) is 0 Å². The monoisotopic (exact) mass is 351 g/mol. The van der Waals surface area contributed by atoms with Gasteiger partial charge >= 0.3 is 11.9 Å². The molecule has 0 aliphatic rings. The Labute approximate surface area is 147 Å². The van der Waals surface area contributed by atoms with Crippen molar-refractivity contribution >= 4 is 17.8 Å². The third kappa shape index (κ3) is 4.95. The molecule has 0 heterocycles. The van der Waals surface area contributed by atoms with E-state index in [4.69, 9.17) is 14.2 Å². The molecule has 1 rings (SSSR count). The highest BCUT2D eigenvalue weighted by Crippen LogP contribution is 2.24. The number of hydrogen-bond acceptors (Lipinski definition) is 6. The van der Waals surface area contributed by atoms with E-state index in [-0.39, 0.29) is 19.6 Å². The molecule has 0 aliphatic heterocycles. The van der Waals surface area contributed by atoms with Crippen LogP contribution in [0, 0.1) is 6.92 Å². The predicted octanol–water partition coefficient (Wildman–Crippen LogP) is 1.55. The number of nitrogens with one attached hydrogen (secondary N) is 1. The van der Waals surface area contributed by atoms with Crippen molar-refractivity contribution in [2.75, 3.05) is 20.3 Å². The summed E-state index contributed by atoms with van der Waals surface area (Å²) in [6.45, 7) is 6.45. The van der Waals surface area contributed by atoms with Crippen molar-refractivity contribution in [2.24, 2.45) is 0 Å². The fraction of sp³-hybridized carbons (Fsp3) is 0.500. The molecule has 138 valence electrons. The van der Waals surface area contributed by atoms with E-state index < -0.39 is 23.4 Å². The number of carbonyl (C=O) groups excluding carboxylic acids is 3. The van der Waals surface area contributed by atoms with Gasteiger partial charge in [0, 0.05) is 13.3 Å². The molecule has 1 aromatic rings. The molecule has 25 heavy (non-hydrogen) atoms. The Morgan fingerprint density at radius 3 is 2.04 bits per heavy atom. The lowest BCUT2D eigenvalue weighted by molar-refractivity contribution is -0.168. The number of ether oxygens (including phenoxy) is 3. The molecule has 7 nitrogen and oxygen atoms in total. The molecule has 0 atom stereocenters. The van der Waals surface area contributed by atoms with E-state index in [0.29, 0.717) is 11.3 Å². The zero-order chi connectivity index (χ0) is 19.0. The summed E-state index contributed by atoms with van der Waals surface area (Å²) >= 11 is 0. The van der Waals surface area contributed by atoms with Crippen LogP contribution in [0.25, 0.3) is 0 Å². The topological polar surface area (TPSA) is 90.9 Å². The first-order valence-electron chi connectivity index (χ1n) is 8.07. The van der Waals surface area contributed by atoms with E-state index in [1.807, 2.05) is 6.92 Å². The van der Waals surface area contributed by atoms with Crippen molar-refractivity contribution in [1.29, 1.82) is 0 Å². The van der Waals surface area contributed by atoms with E-state index in [1.165, 1.54) is 6.92 Å². The van der Waals surface area contributed by atoms with Crippen LogP contribution < -0.4 is 10.1 Å². The molecule has 0 aliphatic carbocycles. The number of amides is 1. The van der Waals surface area contributed by atoms with E-state index in [1.54, 1.807) is 39.2 Å². The molecule has 1 N–H and O–H groups in total. The van der Waals surface area contributed by atoms with Crippen LogP contribution in [-0.2, 0) is 30.3 Å². The van der Waals surface area contributed by atoms with Gasteiger partial charge in [-0.3, -0.25) is 4.79 Å². The number of carbonyl (C=O) groups is 3. The number of methoxy groups -OCH3 is 1. The average Bonchev–Trinajstić information content (AvgIpc) is 2.55. The molecule has 0 fully saturated rings. The summed E-state index contributed by atoms with van der Waals surface area (Å²) in [4.78, 5) is 36.9. The summed E-state index contributed by atoms with van der Waals surface area (Å²) in [6, 6.07) is 5.24. The Balaban J connectivity index is 3.38. The van der Waals surface area contributed by atoms with Gasteiger partial charge in [-0.05, 0) is 44.0 Å². The molecule has 0 bridgehead atoms. The van der Waals surface area contributed by atoms with Gasteiger partial charge < -0.3 is 19.5 Å². The molecule has 0 unspecified atom stereocenters. The smallest absolute Gasteiger partial charge is 0.344 e. The lowest BCUT2D eigenvalue weighted by Gasteiger charge is -2.30. The van der Waals surface area contributed by atoms with Crippen molar-refractivity contribution in [3.05, 3.63) is 29.3 Å². The van der Waals surface area contributed by atoms with Crippen molar-refractivity contribution in [3.63, 3.8) is 0 Å². The Morgan fingerprint density at radius 2 is 1.64 bits per heavy atom. The van der Waals surface area contributed by atoms with Crippen LogP contribution in [0.1, 0.15) is 31.9 Å². The molecule has 0 aromatic heterocycles. The highest BCUT2D eigenvalue weighted by molar-refractivity contribution is 6.08. The van der Waals surface area contributed by atoms with Gasteiger partial charge in [-0.15, -0.1) is 0 Å². The summed E-state index contributed by atoms with van der Waals surface area (Å²) < 4.78 is 15.3. The average molecular weight is 351 g/mol. The van der Waals surface area contributed by atoms with Gasteiger partial charge in [0.15, 0.2) is 0 Å². The minimum Gasteiger partial charge on any atom is -0.497 e. The molecule has 0 saturated heterocycles. The maximum atomic E-state index is 12.6. The van der Waals surface area contributed by atoms with Gasteiger partial charge in [-0.25, -0.2) is 9.59 Å². The fourth-order valence-electron chi connectivity index (χ4n) is 2.46. The van der Waals surface area contributed by atoms with Crippen LogP contribution in [0.4, 0.5) is 0 Å². The maximum absolute atomic E-state index is 12.6. The second-order valence-corrected chi connectivity index (χ2v) is 5.50. The van der Waals surface area contributed by atoms with E-state index in [2.05, 4.69) is 5.32 Å². The highest BCUT2D eigenvalue weighted by Gasteiger charge is 2.50. The molecule has 1 amide bonds. The second kappa shape index (κ2) is 9.05. The van der Waals surface area contributed by atoms with Gasteiger partial charge in [0.1, 0.15) is 5.75 Å². The first-order chi connectivity index (χ1) is 11.8. The first-order valence-corrected chi connectivity index (χ1v) is 8.07. The van der Waals surface area contributed by atoms with Crippen molar-refractivity contribution < 1.29 is 28.6 Å². The number of aryl methyl sites for hydroxylation is 1. The summed E-state index contributed by atoms with van der Waals surface area (Å²) in [5.41, 5.74) is -0.435. The second-order valence-electron chi connectivity index (χ2n) is 5.50. The van der Waals surface area contributed by atoms with Crippen LogP contribution >= 0.6 is 0 Å². The van der Waals surface area contributed by atoms with Crippen molar-refractivity contribution in [3.8, 4) is 5.75 Å². The molecule has 0 saturated carbocycles. The van der Waals surface area contributed by atoms with Gasteiger partial charge in [-0.2, -0.15) is 0 Å². The van der Waals surface area contributed by atoms with E-state index in [9.17, 15) is 14.4 Å². The molecule has 1 aromatic carbocycles. The Hall–Kier alpha value is -2.57. The predicted molar refractivity (Wildman–Crippen MR) is 91.2 cm³/mol. The van der Waals surface area contributed by atoms with Gasteiger partial charge in [0.2, 0.25) is 11.4 Å². The number of hydrogen-bond donors (Lipinski definition) is 1. The summed E-state index contributed by atoms with van der Waals surface area (Å²) in [5.74, 6) is -1.58. The molecule has 7 heteroatoms. The Kier molecular flexibility index (Phi) is 7.42. The fourth-order valence-corrected chi connectivity index (χ4v) is 2.46. The zero-order valence-corrected chi connectivity index (χ0v) is 15.3. The number of benzene rings is 1. The van der Waals surface area contributed by atoms with Crippen LogP contribution in [-0.4, -0.2) is 43.7 Å². The van der Waals surface area contributed by atoms with Crippen LogP contribution in [0.3, 0.4) is 0 Å². The number of esters is 2. The van der Waals surface area contributed by atoms with Crippen molar-refractivity contribution in [2.45, 2.75) is 39.7 Å². The van der Waals surface area contributed by atoms with Crippen LogP contribution in [0.15, 0.2) is 18.2 Å². The normalized spacial score (nSPS) is 10.8. The highest BCUT2D eigenvalue weighted by atomic mass is 16.6. The Morgan fingerprint density at radius 1 is 1.08 bits per heavy atom. The van der Waals surface area contributed by atoms with Crippen LogP contribution in [0.5, 0.6) is 5.75 Å². The standard InChI is InChI=1S/C18H25NO6/c1-6-24-16(21)18(19-13(4)20,17(22)25-7-2)11-14-8-9-15(23-5)10-12(14)3/h8-10H,6-7,11H2,1-5H3,(H,19,20). The molecule has 0 radical (unpaired) electrons. The Bertz CT molecular complexity index is 622. The molecular weight excluding hydrogens is 326 g/mol. The summed E-state index contributed by atoms with van der Waals surface area (Å²) in [5, 5.41) is 2.45. The lowest BCUT2D eigenvalue weighted by atomic mass is 9.88. The van der Waals surface area contributed by atoms with Crippen LogP contribution in [0.2, 0.25) is 0 Å². The minimum absolute atomic E-state index is 0.0706. The molecule has 0 spiro atoms.